The summed E-state index contributed by atoms with van der Waals surface area (Å²) in [6.45, 7) is 6.50. The predicted octanol–water partition coefficient (Wildman–Crippen LogP) is 14.9. The van der Waals surface area contributed by atoms with E-state index < -0.39 is 6.10 Å². The van der Waals surface area contributed by atoms with Crippen molar-refractivity contribution in [1.29, 1.82) is 0 Å². The van der Waals surface area contributed by atoms with E-state index in [0.29, 0.717) is 19.3 Å². The molecule has 6 heteroatoms. The third-order valence-corrected chi connectivity index (χ3v) is 9.84. The molecule has 0 fully saturated rings. The lowest BCUT2D eigenvalue weighted by Gasteiger charge is -2.18. The zero-order valence-electron chi connectivity index (χ0n) is 36.6. The van der Waals surface area contributed by atoms with Gasteiger partial charge in [0.25, 0.3) is 0 Å². The molecule has 0 saturated carbocycles. The fourth-order valence-electron chi connectivity index (χ4n) is 6.26. The molecule has 0 aromatic rings. The van der Waals surface area contributed by atoms with Gasteiger partial charge in [-0.25, -0.2) is 0 Å². The normalized spacial score (nSPS) is 12.6. The molecule has 0 amide bonds. The predicted molar refractivity (Wildman–Crippen MR) is 238 cm³/mol. The van der Waals surface area contributed by atoms with E-state index in [1.165, 1.54) is 83.5 Å². The van der Waals surface area contributed by atoms with Crippen molar-refractivity contribution in [1.82, 2.24) is 0 Å². The molecule has 6 nitrogen and oxygen atoms in total. The average molecular weight is 783 g/mol. The summed E-state index contributed by atoms with van der Waals surface area (Å²) in [4.78, 5) is 37.7. The molecule has 0 spiro atoms. The molecule has 0 heterocycles. The molecule has 56 heavy (non-hydrogen) atoms. The van der Waals surface area contributed by atoms with Crippen molar-refractivity contribution in [3.63, 3.8) is 0 Å². The maximum atomic E-state index is 12.7. The zero-order valence-corrected chi connectivity index (χ0v) is 36.6. The molecule has 0 N–H and O–H groups in total. The summed E-state index contributed by atoms with van der Waals surface area (Å²) >= 11 is 0. The monoisotopic (exact) mass is 783 g/mol. The molecular weight excluding hydrogens is 697 g/mol. The van der Waals surface area contributed by atoms with Gasteiger partial charge in [-0.05, 0) is 64.2 Å². The smallest absolute Gasteiger partial charge is 0.306 e. The highest BCUT2D eigenvalue weighted by molar-refractivity contribution is 5.71. The van der Waals surface area contributed by atoms with Crippen LogP contribution in [0.5, 0.6) is 0 Å². The second kappa shape index (κ2) is 44.8. The Morgan fingerprint density at radius 2 is 0.679 bits per heavy atom. The number of carbonyl (C=O) groups is 3. The van der Waals surface area contributed by atoms with Gasteiger partial charge < -0.3 is 14.2 Å². The molecule has 0 aromatic carbocycles. The van der Waals surface area contributed by atoms with Crippen LogP contribution in [0.25, 0.3) is 0 Å². The Morgan fingerprint density at radius 3 is 1.14 bits per heavy atom. The summed E-state index contributed by atoms with van der Waals surface area (Å²) < 4.78 is 16.7. The van der Waals surface area contributed by atoms with E-state index in [2.05, 4.69) is 81.5 Å². The molecule has 1 atom stereocenters. The van der Waals surface area contributed by atoms with Crippen LogP contribution in [0.1, 0.15) is 220 Å². The van der Waals surface area contributed by atoms with Crippen LogP contribution in [-0.4, -0.2) is 37.2 Å². The van der Waals surface area contributed by atoms with Gasteiger partial charge in [0.15, 0.2) is 6.10 Å². The summed E-state index contributed by atoms with van der Waals surface area (Å²) in [6.07, 6.45) is 53.4. The van der Waals surface area contributed by atoms with Crippen molar-refractivity contribution in [3.05, 3.63) is 60.8 Å². The number of rotatable bonds is 41. The first kappa shape index (κ1) is 53.1. The lowest BCUT2D eigenvalue weighted by atomic mass is 10.1. The van der Waals surface area contributed by atoms with Crippen molar-refractivity contribution < 1.29 is 28.6 Å². The molecule has 0 aliphatic rings. The number of carbonyl (C=O) groups excluding carboxylic acids is 3. The van der Waals surface area contributed by atoms with Crippen LogP contribution in [0, 0.1) is 0 Å². The van der Waals surface area contributed by atoms with Crippen molar-refractivity contribution in [2.75, 3.05) is 13.2 Å². The van der Waals surface area contributed by atoms with Crippen LogP contribution < -0.4 is 0 Å². The largest absolute Gasteiger partial charge is 0.462 e. The SMILES string of the molecule is CCCC/C=C\CCCCCCCC(=O)OC(COC(=O)CCCCCCC\C=C/C=C\C=C/C=C\CCCCC)COC(=O)CCCCCCCCCCC. The molecule has 0 aliphatic heterocycles. The van der Waals surface area contributed by atoms with Crippen LogP contribution in [0.15, 0.2) is 60.8 Å². The van der Waals surface area contributed by atoms with Gasteiger partial charge in [0.1, 0.15) is 13.2 Å². The third-order valence-electron chi connectivity index (χ3n) is 9.84. The van der Waals surface area contributed by atoms with Gasteiger partial charge in [-0.1, -0.05) is 197 Å². The maximum absolute atomic E-state index is 12.7. The van der Waals surface area contributed by atoms with Gasteiger partial charge in [0.05, 0.1) is 0 Å². The van der Waals surface area contributed by atoms with E-state index >= 15 is 0 Å². The standard InChI is InChI=1S/C50H86O6/c1-4-7-10-13-16-19-21-22-23-24-25-26-27-29-31-34-37-40-43-49(52)55-46-47(45-54-48(51)42-39-36-33-30-18-15-12-9-6-3)56-50(53)44-41-38-35-32-28-20-17-14-11-8-5-2/h14,16-17,19,21-26,47H,4-13,15,18,20,27-46H2,1-3H3/b17-14-,19-16-,22-21-,24-23-,26-25-. The molecule has 0 rings (SSSR count). The molecular formula is C50H86O6. The second-order valence-corrected chi connectivity index (χ2v) is 15.4. The van der Waals surface area contributed by atoms with Gasteiger partial charge in [-0.2, -0.15) is 0 Å². The van der Waals surface area contributed by atoms with Crippen LogP contribution in [-0.2, 0) is 28.6 Å². The quantitative estimate of drug-likeness (QED) is 0.0202. The molecule has 0 radical (unpaired) electrons. The summed E-state index contributed by atoms with van der Waals surface area (Å²) in [6, 6.07) is 0. The summed E-state index contributed by atoms with van der Waals surface area (Å²) in [5, 5.41) is 0. The minimum Gasteiger partial charge on any atom is -0.462 e. The molecule has 0 bridgehead atoms. The zero-order chi connectivity index (χ0) is 40.8. The van der Waals surface area contributed by atoms with Crippen molar-refractivity contribution in [3.8, 4) is 0 Å². The number of esters is 3. The Hall–Kier alpha value is -2.89. The first-order valence-electron chi connectivity index (χ1n) is 23.3. The summed E-state index contributed by atoms with van der Waals surface area (Å²) in [5.74, 6) is -0.923. The summed E-state index contributed by atoms with van der Waals surface area (Å²) in [7, 11) is 0. The van der Waals surface area contributed by atoms with Crippen LogP contribution in [0.4, 0.5) is 0 Å². The molecule has 0 aromatic heterocycles. The highest BCUT2D eigenvalue weighted by atomic mass is 16.6. The van der Waals surface area contributed by atoms with E-state index in [0.717, 1.165) is 96.3 Å². The highest BCUT2D eigenvalue weighted by Crippen LogP contribution is 2.13. The van der Waals surface area contributed by atoms with Crippen LogP contribution >= 0.6 is 0 Å². The van der Waals surface area contributed by atoms with Crippen LogP contribution in [0.3, 0.4) is 0 Å². The Labute approximate surface area is 345 Å². The highest BCUT2D eigenvalue weighted by Gasteiger charge is 2.19. The number of hydrogen-bond acceptors (Lipinski definition) is 6. The molecule has 1 unspecified atom stereocenters. The number of unbranched alkanes of at least 4 members (excludes halogenated alkanes) is 23. The molecule has 0 saturated heterocycles. The van der Waals surface area contributed by atoms with Gasteiger partial charge in [-0.15, -0.1) is 0 Å². The van der Waals surface area contributed by atoms with Crippen molar-refractivity contribution in [2.24, 2.45) is 0 Å². The van der Waals surface area contributed by atoms with E-state index in [1.807, 2.05) is 0 Å². The molecule has 322 valence electrons. The maximum Gasteiger partial charge on any atom is 0.306 e. The van der Waals surface area contributed by atoms with Gasteiger partial charge >= 0.3 is 17.9 Å². The van der Waals surface area contributed by atoms with E-state index in [9.17, 15) is 14.4 Å². The van der Waals surface area contributed by atoms with Gasteiger partial charge in [0.2, 0.25) is 0 Å². The van der Waals surface area contributed by atoms with Crippen molar-refractivity contribution in [2.45, 2.75) is 226 Å². The van der Waals surface area contributed by atoms with Crippen molar-refractivity contribution >= 4 is 17.9 Å². The Balaban J connectivity index is 4.39. The summed E-state index contributed by atoms with van der Waals surface area (Å²) in [5.41, 5.74) is 0. The lowest BCUT2D eigenvalue weighted by molar-refractivity contribution is -0.167. The minimum atomic E-state index is -0.783. The third kappa shape index (κ3) is 42.3. The first-order chi connectivity index (χ1) is 27.5. The Bertz CT molecular complexity index is 1040. The fourth-order valence-corrected chi connectivity index (χ4v) is 6.26. The van der Waals surface area contributed by atoms with Gasteiger partial charge in [-0.3, -0.25) is 14.4 Å². The minimum absolute atomic E-state index is 0.0848. The lowest BCUT2D eigenvalue weighted by Crippen LogP contribution is -2.30. The molecule has 0 aliphatic carbocycles. The van der Waals surface area contributed by atoms with E-state index in [-0.39, 0.29) is 31.1 Å². The number of allylic oxidation sites excluding steroid dienone is 10. The Kier molecular flexibility index (Phi) is 42.5. The van der Waals surface area contributed by atoms with E-state index in [4.69, 9.17) is 14.2 Å². The fraction of sp³-hybridized carbons (Fsp3) is 0.740. The average Bonchev–Trinajstić information content (AvgIpc) is 3.19. The first-order valence-corrected chi connectivity index (χ1v) is 23.3. The van der Waals surface area contributed by atoms with Gasteiger partial charge in [0, 0.05) is 19.3 Å². The number of ether oxygens (including phenoxy) is 3. The van der Waals surface area contributed by atoms with E-state index in [1.54, 1.807) is 0 Å². The Morgan fingerprint density at radius 1 is 0.357 bits per heavy atom. The topological polar surface area (TPSA) is 78.9 Å². The number of hydrogen-bond donors (Lipinski definition) is 0. The second-order valence-electron chi connectivity index (χ2n) is 15.4. The van der Waals surface area contributed by atoms with Crippen LogP contribution in [0.2, 0.25) is 0 Å².